The van der Waals surface area contributed by atoms with Gasteiger partial charge in [0.15, 0.2) is 5.82 Å². The first kappa shape index (κ1) is 13.6. The summed E-state index contributed by atoms with van der Waals surface area (Å²) in [5.74, 6) is 1.92. The molecule has 2 N–H and O–H groups in total. The lowest BCUT2D eigenvalue weighted by Gasteiger charge is -2.25. The topological polar surface area (TPSA) is 56.7 Å². The van der Waals surface area contributed by atoms with Gasteiger partial charge in [0.25, 0.3) is 0 Å². The molecule has 1 aliphatic rings. The molecule has 1 aliphatic carbocycles. The summed E-state index contributed by atoms with van der Waals surface area (Å²) in [6.45, 7) is 2.03. The molecule has 5 heteroatoms. The number of aryl methyl sites for hydroxylation is 1. The Bertz CT molecular complexity index is 594. The molecule has 1 fully saturated rings. The molecule has 0 aliphatic heterocycles. The number of halogens is 1. The standard InChI is InChI=1S/C15H19BrN4/c1-10-18-19-15(11-7-12(16)9-13(17)8-11)20(10)14-5-3-2-4-6-14/h7-9,14H,2-6,17H2,1H3. The van der Waals surface area contributed by atoms with Crippen LogP contribution < -0.4 is 5.73 Å². The van der Waals surface area contributed by atoms with Crippen molar-refractivity contribution in [2.45, 2.75) is 45.1 Å². The lowest BCUT2D eigenvalue weighted by atomic mass is 9.95. The number of nitrogens with zero attached hydrogens (tertiary/aromatic N) is 3. The maximum atomic E-state index is 5.94. The van der Waals surface area contributed by atoms with E-state index in [0.29, 0.717) is 6.04 Å². The highest BCUT2D eigenvalue weighted by Crippen LogP contribution is 2.33. The summed E-state index contributed by atoms with van der Waals surface area (Å²) in [5.41, 5.74) is 7.72. The molecule has 0 spiro atoms. The highest BCUT2D eigenvalue weighted by Gasteiger charge is 2.22. The first-order chi connectivity index (χ1) is 9.65. The maximum absolute atomic E-state index is 5.94. The number of nitrogen functional groups attached to an aromatic ring is 1. The van der Waals surface area contributed by atoms with Crippen LogP contribution in [0.25, 0.3) is 11.4 Å². The maximum Gasteiger partial charge on any atom is 0.164 e. The van der Waals surface area contributed by atoms with Crippen molar-refractivity contribution >= 4 is 21.6 Å². The molecule has 0 unspecified atom stereocenters. The zero-order valence-corrected chi connectivity index (χ0v) is 13.2. The van der Waals surface area contributed by atoms with Crippen LogP contribution in [0.1, 0.15) is 44.0 Å². The summed E-state index contributed by atoms with van der Waals surface area (Å²) in [7, 11) is 0. The third kappa shape index (κ3) is 2.59. The van der Waals surface area contributed by atoms with Crippen LogP contribution in [0.5, 0.6) is 0 Å². The monoisotopic (exact) mass is 334 g/mol. The fraction of sp³-hybridized carbons (Fsp3) is 0.467. The van der Waals surface area contributed by atoms with Gasteiger partial charge in [-0.05, 0) is 38.0 Å². The molecule has 0 amide bonds. The third-order valence-corrected chi connectivity index (χ3v) is 4.44. The van der Waals surface area contributed by atoms with E-state index in [2.05, 4.69) is 36.8 Å². The molecule has 0 radical (unpaired) electrons. The van der Waals surface area contributed by atoms with Crippen molar-refractivity contribution in [3.63, 3.8) is 0 Å². The van der Waals surface area contributed by atoms with Gasteiger partial charge < -0.3 is 10.3 Å². The van der Waals surface area contributed by atoms with Crippen molar-refractivity contribution in [2.24, 2.45) is 0 Å². The molecule has 1 aromatic heterocycles. The van der Waals surface area contributed by atoms with Crippen LogP contribution in [0.2, 0.25) is 0 Å². The van der Waals surface area contributed by atoms with Gasteiger partial charge in [-0.25, -0.2) is 0 Å². The van der Waals surface area contributed by atoms with E-state index in [9.17, 15) is 0 Å². The van der Waals surface area contributed by atoms with Crippen LogP contribution in [-0.4, -0.2) is 14.8 Å². The van der Waals surface area contributed by atoms with Crippen molar-refractivity contribution in [1.82, 2.24) is 14.8 Å². The van der Waals surface area contributed by atoms with E-state index in [0.717, 1.165) is 27.4 Å². The second-order valence-corrected chi connectivity index (χ2v) is 6.42. The van der Waals surface area contributed by atoms with E-state index in [1.54, 1.807) is 0 Å². The van der Waals surface area contributed by atoms with Gasteiger partial charge in [-0.2, -0.15) is 0 Å². The summed E-state index contributed by atoms with van der Waals surface area (Å²) in [6, 6.07) is 6.44. The van der Waals surface area contributed by atoms with Gasteiger partial charge in [0, 0.05) is 21.8 Å². The minimum atomic E-state index is 0.522. The number of anilines is 1. The van der Waals surface area contributed by atoms with Gasteiger partial charge in [-0.15, -0.1) is 10.2 Å². The second kappa shape index (κ2) is 5.56. The number of rotatable bonds is 2. The zero-order valence-electron chi connectivity index (χ0n) is 11.6. The normalized spacial score (nSPS) is 16.5. The fourth-order valence-corrected chi connectivity index (χ4v) is 3.59. The number of nitrogens with two attached hydrogens (primary N) is 1. The molecule has 20 heavy (non-hydrogen) atoms. The predicted molar refractivity (Wildman–Crippen MR) is 84.4 cm³/mol. The summed E-state index contributed by atoms with van der Waals surface area (Å²) in [5, 5.41) is 8.66. The zero-order chi connectivity index (χ0) is 14.1. The highest BCUT2D eigenvalue weighted by molar-refractivity contribution is 9.10. The molecule has 3 rings (SSSR count). The highest BCUT2D eigenvalue weighted by atomic mass is 79.9. The number of aromatic nitrogens is 3. The van der Waals surface area contributed by atoms with Crippen LogP contribution in [0.3, 0.4) is 0 Å². The lowest BCUT2D eigenvalue weighted by molar-refractivity contribution is 0.350. The molecule has 1 heterocycles. The minimum absolute atomic E-state index is 0.522. The van der Waals surface area contributed by atoms with E-state index < -0.39 is 0 Å². The van der Waals surface area contributed by atoms with Crippen molar-refractivity contribution in [1.29, 1.82) is 0 Å². The Labute approximate surface area is 127 Å². The van der Waals surface area contributed by atoms with E-state index in [1.165, 1.54) is 32.1 Å². The largest absolute Gasteiger partial charge is 0.399 e. The average Bonchev–Trinajstić information content (AvgIpc) is 2.80. The van der Waals surface area contributed by atoms with Crippen molar-refractivity contribution < 1.29 is 0 Å². The van der Waals surface area contributed by atoms with Gasteiger partial charge in [0.05, 0.1) is 0 Å². The Kier molecular flexibility index (Phi) is 3.78. The van der Waals surface area contributed by atoms with Crippen LogP contribution in [0.15, 0.2) is 22.7 Å². The lowest BCUT2D eigenvalue weighted by Crippen LogP contribution is -2.15. The van der Waals surface area contributed by atoms with Gasteiger partial charge in [-0.1, -0.05) is 35.2 Å². The third-order valence-electron chi connectivity index (χ3n) is 3.98. The second-order valence-electron chi connectivity index (χ2n) is 5.51. The molecule has 0 bridgehead atoms. The summed E-state index contributed by atoms with van der Waals surface area (Å²) >= 11 is 3.50. The fourth-order valence-electron chi connectivity index (χ4n) is 3.08. The van der Waals surface area contributed by atoms with Crippen LogP contribution in [0, 0.1) is 6.92 Å². The summed E-state index contributed by atoms with van der Waals surface area (Å²) in [6.07, 6.45) is 6.37. The van der Waals surface area contributed by atoms with Gasteiger partial charge >= 0.3 is 0 Å². The van der Waals surface area contributed by atoms with E-state index in [1.807, 2.05) is 19.1 Å². The Hall–Kier alpha value is -1.36. The SMILES string of the molecule is Cc1nnc(-c2cc(N)cc(Br)c2)n1C1CCCCC1. The molecular formula is C15H19BrN4. The Balaban J connectivity index is 2.05. The van der Waals surface area contributed by atoms with Gasteiger partial charge in [-0.3, -0.25) is 0 Å². The first-order valence-corrected chi connectivity index (χ1v) is 7.92. The van der Waals surface area contributed by atoms with Crippen molar-refractivity contribution in [2.75, 3.05) is 5.73 Å². The number of hydrogen-bond acceptors (Lipinski definition) is 3. The van der Waals surface area contributed by atoms with Crippen molar-refractivity contribution in [3.05, 3.63) is 28.5 Å². The van der Waals surface area contributed by atoms with E-state index >= 15 is 0 Å². The quantitative estimate of drug-likeness (QED) is 0.841. The molecular weight excluding hydrogens is 316 g/mol. The molecule has 106 valence electrons. The van der Waals surface area contributed by atoms with Crippen LogP contribution in [-0.2, 0) is 0 Å². The first-order valence-electron chi connectivity index (χ1n) is 7.13. The van der Waals surface area contributed by atoms with Crippen LogP contribution in [0.4, 0.5) is 5.69 Å². The smallest absolute Gasteiger partial charge is 0.164 e. The average molecular weight is 335 g/mol. The van der Waals surface area contributed by atoms with E-state index in [-0.39, 0.29) is 0 Å². The van der Waals surface area contributed by atoms with Gasteiger partial charge in [0.1, 0.15) is 5.82 Å². The Morgan fingerprint density at radius 1 is 1.15 bits per heavy atom. The molecule has 0 atom stereocenters. The molecule has 1 aromatic carbocycles. The minimum Gasteiger partial charge on any atom is -0.399 e. The molecule has 4 nitrogen and oxygen atoms in total. The molecule has 1 saturated carbocycles. The van der Waals surface area contributed by atoms with E-state index in [4.69, 9.17) is 5.73 Å². The Morgan fingerprint density at radius 2 is 1.90 bits per heavy atom. The summed E-state index contributed by atoms with van der Waals surface area (Å²) in [4.78, 5) is 0. The Morgan fingerprint density at radius 3 is 2.60 bits per heavy atom. The van der Waals surface area contributed by atoms with Gasteiger partial charge in [0.2, 0.25) is 0 Å². The number of benzene rings is 1. The predicted octanol–water partition coefficient (Wildman–Crippen LogP) is 4.10. The molecule has 2 aromatic rings. The van der Waals surface area contributed by atoms with Crippen molar-refractivity contribution in [3.8, 4) is 11.4 Å². The number of hydrogen-bond donors (Lipinski definition) is 1. The summed E-state index contributed by atoms with van der Waals surface area (Å²) < 4.78 is 3.27. The van der Waals surface area contributed by atoms with Crippen LogP contribution >= 0.6 is 15.9 Å². The molecule has 0 saturated heterocycles.